The maximum Gasteiger partial charge on any atom is 0.128 e. The van der Waals surface area contributed by atoms with Crippen molar-refractivity contribution in [3.05, 3.63) is 30.5 Å². The molecule has 0 aliphatic carbocycles. The standard InChI is InChI=1S/C19H28N2O3/c1-2-18(23)17-7-3-4-11-21(17)12-14(22)13-24-19-8-5-6-16-15(19)9-10-20-16/h5-6,8-10,14,17-18,20,22-23H,2-4,7,11-13H2,1H3/t14-,17+,18-/m0/s1. The second kappa shape index (κ2) is 8.01. The molecular formula is C19H28N2O3. The molecule has 132 valence electrons. The Morgan fingerprint density at radius 1 is 1.29 bits per heavy atom. The number of aromatic amines is 1. The molecule has 1 aromatic carbocycles. The number of nitrogens with zero attached hydrogens (tertiary/aromatic N) is 1. The molecule has 3 atom stereocenters. The zero-order valence-electron chi connectivity index (χ0n) is 14.3. The van der Waals surface area contributed by atoms with Crippen LogP contribution in [0, 0.1) is 0 Å². The average molecular weight is 332 g/mol. The minimum atomic E-state index is -0.566. The number of β-amino-alcohol motifs (C(OH)–C–C–N with tert-alkyl or cyclic N) is 1. The Morgan fingerprint density at radius 3 is 3.00 bits per heavy atom. The number of hydrogen-bond donors (Lipinski definition) is 3. The predicted octanol–water partition coefficient (Wildman–Crippen LogP) is 2.53. The third kappa shape index (κ3) is 3.91. The van der Waals surface area contributed by atoms with Crippen LogP contribution < -0.4 is 4.74 Å². The average Bonchev–Trinajstić information content (AvgIpc) is 3.09. The number of hydrogen-bond acceptors (Lipinski definition) is 4. The normalized spacial score (nSPS) is 21.7. The van der Waals surface area contributed by atoms with Gasteiger partial charge < -0.3 is 19.9 Å². The number of benzene rings is 1. The second-order valence-corrected chi connectivity index (χ2v) is 6.69. The van der Waals surface area contributed by atoms with Crippen molar-refractivity contribution in [1.82, 2.24) is 9.88 Å². The number of ether oxygens (including phenoxy) is 1. The highest BCUT2D eigenvalue weighted by molar-refractivity contribution is 5.85. The number of H-pyrrole nitrogens is 1. The van der Waals surface area contributed by atoms with E-state index in [2.05, 4.69) is 9.88 Å². The van der Waals surface area contributed by atoms with Gasteiger partial charge in [0.1, 0.15) is 18.5 Å². The number of nitrogens with one attached hydrogen (secondary N) is 1. The predicted molar refractivity (Wildman–Crippen MR) is 95.3 cm³/mol. The van der Waals surface area contributed by atoms with E-state index in [4.69, 9.17) is 4.74 Å². The lowest BCUT2D eigenvalue weighted by Gasteiger charge is -2.39. The van der Waals surface area contributed by atoms with Crippen LogP contribution >= 0.6 is 0 Å². The van der Waals surface area contributed by atoms with Crippen molar-refractivity contribution in [3.63, 3.8) is 0 Å². The SMILES string of the molecule is CC[C@H](O)[C@H]1CCCCN1C[C@H](O)COc1cccc2[nH]ccc12. The molecule has 0 radical (unpaired) electrons. The molecule has 0 amide bonds. The molecule has 24 heavy (non-hydrogen) atoms. The molecule has 0 spiro atoms. The fraction of sp³-hybridized carbons (Fsp3) is 0.579. The van der Waals surface area contributed by atoms with Crippen molar-refractivity contribution in [2.45, 2.75) is 50.9 Å². The van der Waals surface area contributed by atoms with Crippen LogP contribution in [0.2, 0.25) is 0 Å². The van der Waals surface area contributed by atoms with Crippen molar-refractivity contribution in [2.24, 2.45) is 0 Å². The minimum absolute atomic E-state index is 0.159. The van der Waals surface area contributed by atoms with Crippen LogP contribution in [0.4, 0.5) is 0 Å². The first-order chi connectivity index (χ1) is 11.7. The summed E-state index contributed by atoms with van der Waals surface area (Å²) in [7, 11) is 0. The number of piperidine rings is 1. The van der Waals surface area contributed by atoms with Crippen LogP contribution in [0.5, 0.6) is 5.75 Å². The first-order valence-corrected chi connectivity index (χ1v) is 8.98. The van der Waals surface area contributed by atoms with Crippen molar-refractivity contribution in [2.75, 3.05) is 19.7 Å². The summed E-state index contributed by atoms with van der Waals surface area (Å²) in [6.45, 7) is 3.75. The van der Waals surface area contributed by atoms with E-state index in [0.29, 0.717) is 6.54 Å². The fourth-order valence-electron chi connectivity index (χ4n) is 3.64. The van der Waals surface area contributed by atoms with Gasteiger partial charge in [0.25, 0.3) is 0 Å². The molecule has 1 aliphatic rings. The van der Waals surface area contributed by atoms with Crippen LogP contribution in [0.15, 0.2) is 30.5 Å². The Morgan fingerprint density at radius 2 is 2.17 bits per heavy atom. The summed E-state index contributed by atoms with van der Waals surface area (Å²) < 4.78 is 5.84. The number of rotatable bonds is 7. The van der Waals surface area contributed by atoms with E-state index in [-0.39, 0.29) is 18.8 Å². The van der Waals surface area contributed by atoms with Gasteiger partial charge in [-0.3, -0.25) is 4.90 Å². The van der Waals surface area contributed by atoms with Gasteiger partial charge in [0.2, 0.25) is 0 Å². The van der Waals surface area contributed by atoms with Gasteiger partial charge in [-0.25, -0.2) is 0 Å². The van der Waals surface area contributed by atoms with Crippen LogP contribution in [-0.2, 0) is 0 Å². The smallest absolute Gasteiger partial charge is 0.128 e. The molecule has 2 heterocycles. The molecule has 1 aromatic heterocycles. The Bertz CT molecular complexity index is 642. The summed E-state index contributed by atoms with van der Waals surface area (Å²) in [5, 5.41) is 21.6. The van der Waals surface area contributed by atoms with Crippen molar-refractivity contribution >= 4 is 10.9 Å². The lowest BCUT2D eigenvalue weighted by atomic mass is 9.95. The van der Waals surface area contributed by atoms with Crippen LogP contribution in [0.1, 0.15) is 32.6 Å². The lowest BCUT2D eigenvalue weighted by Crippen LogP contribution is -2.50. The van der Waals surface area contributed by atoms with Crippen LogP contribution in [-0.4, -0.2) is 58.0 Å². The molecule has 0 bridgehead atoms. The first-order valence-electron chi connectivity index (χ1n) is 8.98. The van der Waals surface area contributed by atoms with Gasteiger partial charge in [-0.2, -0.15) is 0 Å². The molecule has 1 saturated heterocycles. The quantitative estimate of drug-likeness (QED) is 0.729. The zero-order chi connectivity index (χ0) is 16.9. The molecule has 0 unspecified atom stereocenters. The number of aliphatic hydroxyl groups is 2. The molecule has 3 rings (SSSR count). The topological polar surface area (TPSA) is 68.7 Å². The fourth-order valence-corrected chi connectivity index (χ4v) is 3.64. The van der Waals surface area contributed by atoms with Gasteiger partial charge in [0.05, 0.1) is 6.10 Å². The summed E-state index contributed by atoms with van der Waals surface area (Å²) in [6, 6.07) is 8.01. The summed E-state index contributed by atoms with van der Waals surface area (Å²) in [4.78, 5) is 5.38. The maximum atomic E-state index is 10.4. The van der Waals surface area contributed by atoms with E-state index in [1.807, 2.05) is 37.4 Å². The minimum Gasteiger partial charge on any atom is -0.490 e. The van der Waals surface area contributed by atoms with E-state index in [9.17, 15) is 10.2 Å². The van der Waals surface area contributed by atoms with Crippen LogP contribution in [0.3, 0.4) is 0 Å². The van der Waals surface area contributed by atoms with E-state index < -0.39 is 6.10 Å². The van der Waals surface area contributed by atoms with Gasteiger partial charge in [0.15, 0.2) is 0 Å². The van der Waals surface area contributed by atoms with E-state index in [1.165, 1.54) is 0 Å². The first kappa shape index (κ1) is 17.3. The number of aliphatic hydroxyl groups excluding tert-OH is 2. The van der Waals surface area contributed by atoms with Crippen molar-refractivity contribution in [1.29, 1.82) is 0 Å². The molecule has 0 saturated carbocycles. The highest BCUT2D eigenvalue weighted by atomic mass is 16.5. The number of likely N-dealkylation sites (tertiary alicyclic amines) is 1. The van der Waals surface area contributed by atoms with Gasteiger partial charge in [-0.15, -0.1) is 0 Å². The number of fused-ring (bicyclic) bond motifs is 1. The summed E-state index contributed by atoms with van der Waals surface area (Å²) in [5.41, 5.74) is 1.03. The summed E-state index contributed by atoms with van der Waals surface area (Å²) >= 11 is 0. The summed E-state index contributed by atoms with van der Waals surface area (Å²) in [6.07, 6.45) is 5.05. The highest BCUT2D eigenvalue weighted by Gasteiger charge is 2.29. The Kier molecular flexibility index (Phi) is 5.76. The maximum absolute atomic E-state index is 10.4. The van der Waals surface area contributed by atoms with Gasteiger partial charge >= 0.3 is 0 Å². The largest absolute Gasteiger partial charge is 0.490 e. The summed E-state index contributed by atoms with van der Waals surface area (Å²) in [5.74, 6) is 0.789. The molecule has 3 N–H and O–H groups in total. The third-order valence-corrected chi connectivity index (χ3v) is 4.96. The van der Waals surface area contributed by atoms with E-state index >= 15 is 0 Å². The lowest BCUT2D eigenvalue weighted by molar-refractivity contribution is -0.00988. The van der Waals surface area contributed by atoms with E-state index in [0.717, 1.165) is 48.9 Å². The Hall–Kier alpha value is -1.56. The molecule has 5 heteroatoms. The molecule has 5 nitrogen and oxygen atoms in total. The third-order valence-electron chi connectivity index (χ3n) is 4.96. The highest BCUT2D eigenvalue weighted by Crippen LogP contribution is 2.25. The number of aromatic nitrogens is 1. The zero-order valence-corrected chi connectivity index (χ0v) is 14.3. The molecule has 1 aliphatic heterocycles. The molecule has 2 aromatic rings. The molecular weight excluding hydrogens is 304 g/mol. The van der Waals surface area contributed by atoms with Gasteiger partial charge in [-0.1, -0.05) is 19.4 Å². The Balaban J connectivity index is 1.56. The van der Waals surface area contributed by atoms with Gasteiger partial charge in [0, 0.05) is 29.7 Å². The monoisotopic (exact) mass is 332 g/mol. The van der Waals surface area contributed by atoms with Crippen LogP contribution in [0.25, 0.3) is 10.9 Å². The van der Waals surface area contributed by atoms with E-state index in [1.54, 1.807) is 0 Å². The molecule has 1 fully saturated rings. The second-order valence-electron chi connectivity index (χ2n) is 6.69. The van der Waals surface area contributed by atoms with Crippen molar-refractivity contribution < 1.29 is 14.9 Å². The van der Waals surface area contributed by atoms with Gasteiger partial charge in [-0.05, 0) is 44.0 Å². The Labute approximate surface area is 143 Å². The van der Waals surface area contributed by atoms with Crippen molar-refractivity contribution in [3.8, 4) is 5.75 Å².